The molecule has 5 rings (SSSR count). The molecule has 0 N–H and O–H groups in total. The highest BCUT2D eigenvalue weighted by Crippen LogP contribution is 2.32. The molecule has 0 fully saturated rings. The first-order valence-electron chi connectivity index (χ1n) is 12.4. The number of thiazole rings is 1. The van der Waals surface area contributed by atoms with Crippen LogP contribution in [0.1, 0.15) is 48.4 Å². The van der Waals surface area contributed by atoms with Crippen molar-refractivity contribution in [2.45, 2.75) is 46.6 Å². The Balaban J connectivity index is 1.68. The fourth-order valence-electron chi connectivity index (χ4n) is 4.78. The van der Waals surface area contributed by atoms with Gasteiger partial charge in [0.15, 0.2) is 4.80 Å². The Morgan fingerprint density at radius 1 is 0.914 bits per heavy atom. The van der Waals surface area contributed by atoms with Gasteiger partial charge < -0.3 is 9.13 Å². The number of fused-ring (bicyclic) bond motifs is 1. The summed E-state index contributed by atoms with van der Waals surface area (Å²) in [6.07, 6.45) is 3.40. The van der Waals surface area contributed by atoms with E-state index in [1.807, 2.05) is 0 Å². The Hall–Kier alpha value is -3.37. The lowest BCUT2D eigenvalue weighted by atomic mass is 9.97. The Labute approximate surface area is 212 Å². The average molecular weight is 480 g/mol. The van der Waals surface area contributed by atoms with E-state index in [0.717, 1.165) is 23.5 Å². The number of para-hydroxylation sites is 2. The molecule has 0 aliphatic heterocycles. The lowest BCUT2D eigenvalue weighted by Crippen LogP contribution is -2.17. The summed E-state index contributed by atoms with van der Waals surface area (Å²) in [6, 6.07) is 24.2. The molecule has 0 spiro atoms. The summed E-state index contributed by atoms with van der Waals surface area (Å²) in [6.45, 7) is 9.61. The fourth-order valence-corrected chi connectivity index (χ4v) is 5.69. The molecule has 1 unspecified atom stereocenters. The van der Waals surface area contributed by atoms with Crippen molar-refractivity contribution in [1.29, 1.82) is 0 Å². The summed E-state index contributed by atoms with van der Waals surface area (Å²) in [4.78, 5) is 6.23. The number of aromatic nitrogens is 2. The van der Waals surface area contributed by atoms with E-state index in [-0.39, 0.29) is 0 Å². The second kappa shape index (κ2) is 9.71. The molecular formula is C31H33N3S. The van der Waals surface area contributed by atoms with Crippen molar-refractivity contribution in [3.63, 3.8) is 0 Å². The molecule has 0 saturated heterocycles. The Bertz CT molecular complexity index is 1530. The second-order valence-corrected chi connectivity index (χ2v) is 10.4. The topological polar surface area (TPSA) is 22.2 Å². The lowest BCUT2D eigenvalue weighted by Gasteiger charge is -2.12. The smallest absolute Gasteiger partial charge is 0.190 e. The lowest BCUT2D eigenvalue weighted by molar-refractivity contribution is 0.730. The van der Waals surface area contributed by atoms with Gasteiger partial charge in [-0.1, -0.05) is 74.5 Å². The summed E-state index contributed by atoms with van der Waals surface area (Å²) in [5.74, 6) is 0.582. The van der Waals surface area contributed by atoms with Crippen molar-refractivity contribution in [1.82, 2.24) is 9.13 Å². The predicted octanol–water partition coefficient (Wildman–Crippen LogP) is 8.12. The summed E-state index contributed by atoms with van der Waals surface area (Å²) < 4.78 is 4.60. The number of hydrogen-bond donors (Lipinski definition) is 0. The van der Waals surface area contributed by atoms with Gasteiger partial charge in [-0.15, -0.1) is 11.3 Å². The Kier molecular flexibility index (Phi) is 6.48. The number of rotatable bonds is 6. The first kappa shape index (κ1) is 23.4. The zero-order valence-corrected chi connectivity index (χ0v) is 22.1. The molecule has 178 valence electrons. The minimum absolute atomic E-state index is 0.582. The molecule has 35 heavy (non-hydrogen) atoms. The average Bonchev–Trinajstić information content (AvgIpc) is 3.41. The van der Waals surface area contributed by atoms with Crippen LogP contribution in [-0.2, 0) is 13.6 Å². The van der Waals surface area contributed by atoms with E-state index in [0.29, 0.717) is 5.92 Å². The summed E-state index contributed by atoms with van der Waals surface area (Å²) in [5, 5.41) is 3.54. The van der Waals surface area contributed by atoms with Crippen molar-refractivity contribution < 1.29 is 0 Å². The zero-order chi connectivity index (χ0) is 24.5. The first-order chi connectivity index (χ1) is 17.0. The van der Waals surface area contributed by atoms with Crippen LogP contribution in [0.15, 0.2) is 83.3 Å². The minimum Gasteiger partial charge on any atom is -0.350 e. The quantitative estimate of drug-likeness (QED) is 0.235. The van der Waals surface area contributed by atoms with Crippen molar-refractivity contribution in [2.75, 3.05) is 0 Å². The Morgan fingerprint density at radius 2 is 1.63 bits per heavy atom. The summed E-state index contributed by atoms with van der Waals surface area (Å²) >= 11 is 1.72. The maximum absolute atomic E-state index is 5.20. The molecule has 0 saturated carbocycles. The van der Waals surface area contributed by atoms with Crippen molar-refractivity contribution in [2.24, 2.45) is 12.0 Å². The van der Waals surface area contributed by atoms with Crippen LogP contribution in [0.2, 0.25) is 0 Å². The van der Waals surface area contributed by atoms with Gasteiger partial charge in [-0.25, -0.2) is 4.99 Å². The monoisotopic (exact) mass is 479 g/mol. The second-order valence-electron chi connectivity index (χ2n) is 9.56. The minimum atomic E-state index is 0.582. The van der Waals surface area contributed by atoms with E-state index in [4.69, 9.17) is 4.99 Å². The third-order valence-electron chi connectivity index (χ3n) is 7.12. The third-order valence-corrected chi connectivity index (χ3v) is 7.98. The van der Waals surface area contributed by atoms with E-state index in [1.165, 1.54) is 44.4 Å². The molecule has 2 heterocycles. The van der Waals surface area contributed by atoms with Crippen LogP contribution >= 0.6 is 11.3 Å². The van der Waals surface area contributed by atoms with Crippen molar-refractivity contribution >= 4 is 27.9 Å². The molecule has 3 nitrogen and oxygen atoms in total. The number of benzene rings is 3. The molecule has 0 radical (unpaired) electrons. The maximum Gasteiger partial charge on any atom is 0.190 e. The summed E-state index contributed by atoms with van der Waals surface area (Å²) in [7, 11) is 2.12. The van der Waals surface area contributed by atoms with Crippen LogP contribution in [0.3, 0.4) is 0 Å². The standard InChI is InChI=1S/C31H33N3S/c1-6-21(2)25-16-14-24(15-17-25)18-34-29(27-19-33(5)28-13-8-7-12-26(27)28)20-35-31(34)32-30-22(3)10-9-11-23(30)4/h7-17,19-21H,6,18H2,1-5H3. The third kappa shape index (κ3) is 4.51. The van der Waals surface area contributed by atoms with Crippen LogP contribution in [0.4, 0.5) is 5.69 Å². The van der Waals surface area contributed by atoms with E-state index >= 15 is 0 Å². The fraction of sp³-hybridized carbons (Fsp3) is 0.258. The first-order valence-corrected chi connectivity index (χ1v) is 13.3. The Morgan fingerprint density at radius 3 is 2.34 bits per heavy atom. The molecule has 0 aliphatic rings. The SMILES string of the molecule is CCC(C)c1ccc(Cn2c(-c3cn(C)c4ccccc34)csc2=Nc2c(C)cccc2C)cc1. The molecule has 0 aliphatic carbocycles. The summed E-state index contributed by atoms with van der Waals surface area (Å²) in [5.41, 5.74) is 9.87. The largest absolute Gasteiger partial charge is 0.350 e. The number of aryl methyl sites for hydroxylation is 3. The molecule has 2 aromatic heterocycles. The van der Waals surface area contributed by atoms with Gasteiger partial charge in [0.25, 0.3) is 0 Å². The van der Waals surface area contributed by atoms with Gasteiger partial charge in [0.1, 0.15) is 0 Å². The number of hydrogen-bond acceptors (Lipinski definition) is 2. The van der Waals surface area contributed by atoms with Crippen LogP contribution in [0, 0.1) is 13.8 Å². The predicted molar refractivity (Wildman–Crippen MR) is 150 cm³/mol. The van der Waals surface area contributed by atoms with Crippen LogP contribution in [0.5, 0.6) is 0 Å². The number of nitrogens with zero attached hydrogens (tertiary/aromatic N) is 3. The highest BCUT2D eigenvalue weighted by Gasteiger charge is 2.15. The molecule has 1 atom stereocenters. The van der Waals surface area contributed by atoms with E-state index in [1.54, 1.807) is 11.3 Å². The van der Waals surface area contributed by atoms with Crippen LogP contribution < -0.4 is 4.80 Å². The van der Waals surface area contributed by atoms with E-state index < -0.39 is 0 Å². The zero-order valence-electron chi connectivity index (χ0n) is 21.2. The van der Waals surface area contributed by atoms with Gasteiger partial charge >= 0.3 is 0 Å². The molecule has 3 aromatic carbocycles. The molecule has 5 aromatic rings. The van der Waals surface area contributed by atoms with Gasteiger partial charge in [0, 0.05) is 35.1 Å². The molecule has 4 heteroatoms. The highest BCUT2D eigenvalue weighted by molar-refractivity contribution is 7.07. The van der Waals surface area contributed by atoms with Crippen LogP contribution in [0.25, 0.3) is 22.2 Å². The van der Waals surface area contributed by atoms with Gasteiger partial charge in [-0.3, -0.25) is 0 Å². The van der Waals surface area contributed by atoms with Gasteiger partial charge in [0.05, 0.1) is 17.9 Å². The van der Waals surface area contributed by atoms with Gasteiger partial charge in [-0.05, 0) is 54.5 Å². The molecule has 0 bridgehead atoms. The molecule has 0 amide bonds. The van der Waals surface area contributed by atoms with Crippen molar-refractivity contribution in [3.05, 3.63) is 105 Å². The molecular weight excluding hydrogens is 446 g/mol. The van der Waals surface area contributed by atoms with E-state index in [2.05, 4.69) is 122 Å². The van der Waals surface area contributed by atoms with Gasteiger partial charge in [0.2, 0.25) is 0 Å². The van der Waals surface area contributed by atoms with Crippen LogP contribution in [-0.4, -0.2) is 9.13 Å². The highest BCUT2D eigenvalue weighted by atomic mass is 32.1. The van der Waals surface area contributed by atoms with Gasteiger partial charge in [-0.2, -0.15) is 0 Å². The maximum atomic E-state index is 5.20. The normalized spacial score (nSPS) is 13.0. The van der Waals surface area contributed by atoms with Crippen molar-refractivity contribution in [3.8, 4) is 11.3 Å². The van der Waals surface area contributed by atoms with E-state index in [9.17, 15) is 0 Å².